The van der Waals surface area contributed by atoms with Gasteiger partial charge in [-0.25, -0.2) is 0 Å². The zero-order valence-corrected chi connectivity index (χ0v) is 20.9. The van der Waals surface area contributed by atoms with Gasteiger partial charge in [0, 0.05) is 13.0 Å². The summed E-state index contributed by atoms with van der Waals surface area (Å²) < 4.78 is 19.8. The molecule has 5 rings (SSSR count). The van der Waals surface area contributed by atoms with Gasteiger partial charge < -0.3 is 19.0 Å². The summed E-state index contributed by atoms with van der Waals surface area (Å²) in [5.74, 6) is 0. The van der Waals surface area contributed by atoms with Crippen molar-refractivity contribution in [1.82, 2.24) is 0 Å². The Kier molecular flexibility index (Phi) is 6.12. The molecule has 1 aliphatic carbocycles. The highest BCUT2D eigenvalue weighted by Crippen LogP contribution is 2.46. The normalized spacial score (nSPS) is 31.4. The van der Waals surface area contributed by atoms with Crippen LogP contribution in [-0.2, 0) is 13.9 Å². The second-order valence-electron chi connectivity index (χ2n) is 10.8. The lowest BCUT2D eigenvalue weighted by atomic mass is 9.82. The molecular weight excluding hydrogens is 428 g/mol. The molecule has 0 saturated carbocycles. The third-order valence-electron chi connectivity index (χ3n) is 7.67. The summed E-state index contributed by atoms with van der Waals surface area (Å²) in [4.78, 5) is 0. The summed E-state index contributed by atoms with van der Waals surface area (Å²) in [7, 11) is -2.52. The minimum atomic E-state index is -2.52. The maximum Gasteiger partial charge on any atom is 0.261 e. The molecule has 33 heavy (non-hydrogen) atoms. The van der Waals surface area contributed by atoms with Crippen molar-refractivity contribution >= 4 is 18.7 Å². The molecule has 2 heterocycles. The predicted molar refractivity (Wildman–Crippen MR) is 133 cm³/mol. The van der Waals surface area contributed by atoms with E-state index in [-0.39, 0.29) is 29.0 Å². The fourth-order valence-corrected chi connectivity index (χ4v) is 10.7. The van der Waals surface area contributed by atoms with Crippen molar-refractivity contribution in [2.24, 2.45) is 0 Å². The van der Waals surface area contributed by atoms with E-state index in [0.29, 0.717) is 6.61 Å². The van der Waals surface area contributed by atoms with E-state index < -0.39 is 14.4 Å². The maximum atomic E-state index is 10.1. The van der Waals surface area contributed by atoms with Crippen LogP contribution in [0.2, 0.25) is 5.04 Å². The van der Waals surface area contributed by atoms with Crippen molar-refractivity contribution in [3.8, 4) is 0 Å². The van der Waals surface area contributed by atoms with Crippen LogP contribution in [0.1, 0.15) is 46.5 Å². The quantitative estimate of drug-likeness (QED) is 0.519. The second-order valence-corrected chi connectivity index (χ2v) is 15.1. The fourth-order valence-electron chi connectivity index (χ4n) is 6.07. The Labute approximate surface area is 198 Å². The van der Waals surface area contributed by atoms with E-state index in [4.69, 9.17) is 13.9 Å². The number of aliphatic hydroxyl groups is 1. The molecule has 3 aliphatic rings. The first-order chi connectivity index (χ1) is 15.8. The SMILES string of the molecule is CC(C)(C)[Si](OCCC1CCC2O[C@@H]3CC2(C=C[C@H]3O)O1)(c1ccccc1)c1ccccc1. The lowest BCUT2D eigenvalue weighted by molar-refractivity contribution is -0.143. The number of hydrogen-bond acceptors (Lipinski definition) is 4. The molecule has 0 radical (unpaired) electrons. The standard InChI is InChI=1S/C28H36O4Si/c1-27(2,3)33(22-10-6-4-7-11-22,23-12-8-5-9-13-23)30-19-17-21-14-15-26-28(32-21)18-16-24(29)25(20-28)31-26/h4-13,16,18,21,24-26,29H,14-15,17,19-20H2,1-3H3/t21?,24-,25-,26?,28?/m1/s1. The number of aliphatic hydroxyl groups excluding tert-OH is 1. The minimum absolute atomic E-state index is 0.0261. The van der Waals surface area contributed by atoms with Gasteiger partial charge in [0.15, 0.2) is 0 Å². The van der Waals surface area contributed by atoms with E-state index in [0.717, 1.165) is 25.7 Å². The van der Waals surface area contributed by atoms with Crippen LogP contribution in [0.5, 0.6) is 0 Å². The van der Waals surface area contributed by atoms with Crippen molar-refractivity contribution in [1.29, 1.82) is 0 Å². The lowest BCUT2D eigenvalue weighted by Gasteiger charge is -2.44. The first-order valence-electron chi connectivity index (χ1n) is 12.3. The highest BCUT2D eigenvalue weighted by Gasteiger charge is 2.55. The van der Waals surface area contributed by atoms with Crippen LogP contribution in [0.25, 0.3) is 0 Å². The molecule has 5 heteroatoms. The van der Waals surface area contributed by atoms with Crippen LogP contribution in [0.4, 0.5) is 0 Å². The molecule has 3 unspecified atom stereocenters. The lowest BCUT2D eigenvalue weighted by Crippen LogP contribution is -2.66. The number of fused-ring (bicyclic) bond motifs is 1. The Morgan fingerprint density at radius 2 is 1.64 bits per heavy atom. The van der Waals surface area contributed by atoms with E-state index in [2.05, 4.69) is 87.5 Å². The van der Waals surface area contributed by atoms with Crippen LogP contribution >= 0.6 is 0 Å². The molecule has 0 aromatic heterocycles. The summed E-state index contributed by atoms with van der Waals surface area (Å²) in [5, 5.41) is 12.7. The first kappa shape index (κ1) is 23.0. The molecule has 1 spiro atoms. The average molecular weight is 465 g/mol. The Balaban J connectivity index is 1.36. The van der Waals surface area contributed by atoms with Crippen molar-refractivity contribution < 1.29 is 19.0 Å². The van der Waals surface area contributed by atoms with Gasteiger partial charge in [-0.2, -0.15) is 0 Å². The zero-order chi connectivity index (χ0) is 23.1. The number of hydrogen-bond donors (Lipinski definition) is 1. The molecule has 2 aromatic carbocycles. The van der Waals surface area contributed by atoms with E-state index >= 15 is 0 Å². The van der Waals surface area contributed by atoms with E-state index in [1.807, 2.05) is 6.08 Å². The first-order valence-corrected chi connectivity index (χ1v) is 14.2. The Morgan fingerprint density at radius 1 is 1.00 bits per heavy atom. The van der Waals surface area contributed by atoms with Crippen LogP contribution in [0.3, 0.4) is 0 Å². The molecular formula is C28H36O4Si. The van der Waals surface area contributed by atoms with E-state index in [1.54, 1.807) is 0 Å². The van der Waals surface area contributed by atoms with Gasteiger partial charge in [-0.3, -0.25) is 0 Å². The largest absolute Gasteiger partial charge is 0.407 e. The summed E-state index contributed by atoms with van der Waals surface area (Å²) in [6.45, 7) is 7.60. The molecule has 1 N–H and O–H groups in total. The Morgan fingerprint density at radius 3 is 2.24 bits per heavy atom. The van der Waals surface area contributed by atoms with Crippen molar-refractivity contribution in [3.05, 3.63) is 72.8 Å². The van der Waals surface area contributed by atoms with Gasteiger partial charge in [0.2, 0.25) is 0 Å². The summed E-state index contributed by atoms with van der Waals surface area (Å²) in [6.07, 6.45) is 7.02. The maximum absolute atomic E-state index is 10.1. The number of rotatable bonds is 6. The minimum Gasteiger partial charge on any atom is -0.407 e. The van der Waals surface area contributed by atoms with Gasteiger partial charge in [-0.15, -0.1) is 0 Å². The van der Waals surface area contributed by atoms with Gasteiger partial charge in [0.1, 0.15) is 5.60 Å². The summed E-state index contributed by atoms with van der Waals surface area (Å²) in [5.41, 5.74) is -0.371. The molecule has 5 atom stereocenters. The van der Waals surface area contributed by atoms with Gasteiger partial charge in [-0.05, 0) is 34.7 Å². The molecule has 176 valence electrons. The van der Waals surface area contributed by atoms with Gasteiger partial charge >= 0.3 is 0 Å². The number of benzene rings is 2. The predicted octanol–water partition coefficient (Wildman–Crippen LogP) is 3.96. The topological polar surface area (TPSA) is 47.9 Å². The molecule has 2 bridgehead atoms. The highest BCUT2D eigenvalue weighted by atomic mass is 28.4. The van der Waals surface area contributed by atoms with Crippen molar-refractivity contribution in [2.75, 3.05) is 6.61 Å². The molecule has 0 amide bonds. The molecule has 2 fully saturated rings. The molecule has 2 aromatic rings. The van der Waals surface area contributed by atoms with Gasteiger partial charge in [0.25, 0.3) is 8.32 Å². The Bertz CT molecular complexity index is 931. The number of ether oxygens (including phenoxy) is 2. The third kappa shape index (κ3) is 4.04. The molecule has 4 nitrogen and oxygen atoms in total. The fraction of sp³-hybridized carbons (Fsp3) is 0.500. The highest BCUT2D eigenvalue weighted by molar-refractivity contribution is 6.99. The zero-order valence-electron chi connectivity index (χ0n) is 19.9. The van der Waals surface area contributed by atoms with Crippen LogP contribution in [-0.4, -0.2) is 50.0 Å². The smallest absolute Gasteiger partial charge is 0.261 e. The van der Waals surface area contributed by atoms with Crippen molar-refractivity contribution in [2.45, 2.75) is 81.5 Å². The van der Waals surface area contributed by atoms with Crippen LogP contribution in [0.15, 0.2) is 72.8 Å². The van der Waals surface area contributed by atoms with Crippen LogP contribution < -0.4 is 10.4 Å². The average Bonchev–Trinajstić information content (AvgIpc) is 3.13. The third-order valence-corrected chi connectivity index (χ3v) is 12.7. The summed E-state index contributed by atoms with van der Waals surface area (Å²) in [6, 6.07) is 21.6. The van der Waals surface area contributed by atoms with Crippen molar-refractivity contribution in [3.63, 3.8) is 0 Å². The second kappa shape index (κ2) is 8.79. The molecule has 2 saturated heterocycles. The Hall–Kier alpha value is -1.76. The molecule has 2 aliphatic heterocycles. The van der Waals surface area contributed by atoms with Gasteiger partial charge in [0.05, 0.1) is 24.4 Å². The monoisotopic (exact) mass is 464 g/mol. The van der Waals surface area contributed by atoms with Crippen LogP contribution in [0, 0.1) is 0 Å². The van der Waals surface area contributed by atoms with Gasteiger partial charge in [-0.1, -0.05) is 93.6 Å². The summed E-state index contributed by atoms with van der Waals surface area (Å²) >= 11 is 0. The van der Waals surface area contributed by atoms with E-state index in [1.165, 1.54) is 10.4 Å². The van der Waals surface area contributed by atoms with E-state index in [9.17, 15) is 5.11 Å².